The predicted octanol–water partition coefficient (Wildman–Crippen LogP) is 3.68. The van der Waals surface area contributed by atoms with Crippen LogP contribution in [0.15, 0.2) is 18.2 Å². The van der Waals surface area contributed by atoms with Crippen molar-refractivity contribution in [1.82, 2.24) is 5.32 Å². The molecular formula is C17H20F3N3O2. The Morgan fingerprint density at radius 2 is 2.04 bits per heavy atom. The maximum atomic E-state index is 13.2. The second kappa shape index (κ2) is 6.82. The minimum Gasteiger partial charge on any atom is -0.444 e. The van der Waals surface area contributed by atoms with Gasteiger partial charge in [0.25, 0.3) is 0 Å². The standard InChI is InChI=1S/C17H20F3N3O2/c1-16(2,3)25-15(24)22-12-6-7-23(10-12)14-8-11(9-21)4-5-13(14)17(18,19)20/h4-5,8,12H,6-7,10H2,1-3H3,(H,22,24)/t12-/m0/s1. The van der Waals surface area contributed by atoms with Crippen molar-refractivity contribution < 1.29 is 22.7 Å². The summed E-state index contributed by atoms with van der Waals surface area (Å²) in [6, 6.07) is 4.84. The number of halogens is 3. The molecule has 1 saturated heterocycles. The van der Waals surface area contributed by atoms with Crippen LogP contribution in [0.5, 0.6) is 0 Å². The Labute approximate surface area is 144 Å². The molecular weight excluding hydrogens is 335 g/mol. The maximum Gasteiger partial charge on any atom is 0.418 e. The molecule has 0 saturated carbocycles. The molecule has 0 radical (unpaired) electrons. The highest BCUT2D eigenvalue weighted by Crippen LogP contribution is 2.38. The van der Waals surface area contributed by atoms with Gasteiger partial charge in [0.05, 0.1) is 28.9 Å². The fraction of sp³-hybridized carbons (Fsp3) is 0.529. The third kappa shape index (κ3) is 5.02. The molecule has 1 atom stereocenters. The number of anilines is 1. The van der Waals surface area contributed by atoms with Crippen molar-refractivity contribution in [2.45, 2.75) is 45.0 Å². The van der Waals surface area contributed by atoms with Gasteiger partial charge >= 0.3 is 12.3 Å². The minimum absolute atomic E-state index is 0.0416. The highest BCUT2D eigenvalue weighted by molar-refractivity contribution is 5.68. The number of hydrogen-bond donors (Lipinski definition) is 1. The van der Waals surface area contributed by atoms with E-state index in [1.165, 1.54) is 11.0 Å². The largest absolute Gasteiger partial charge is 0.444 e. The molecule has 136 valence electrons. The van der Waals surface area contributed by atoms with Gasteiger partial charge in [-0.2, -0.15) is 18.4 Å². The molecule has 1 fully saturated rings. The molecule has 0 aliphatic carbocycles. The maximum absolute atomic E-state index is 13.2. The Balaban J connectivity index is 2.14. The van der Waals surface area contributed by atoms with Gasteiger partial charge in [-0.05, 0) is 45.4 Å². The van der Waals surface area contributed by atoms with Gasteiger partial charge in [-0.15, -0.1) is 0 Å². The molecule has 1 heterocycles. The number of carbonyl (C=O) groups is 1. The Morgan fingerprint density at radius 3 is 2.60 bits per heavy atom. The van der Waals surface area contributed by atoms with Crippen LogP contribution < -0.4 is 10.2 Å². The van der Waals surface area contributed by atoms with Crippen molar-refractivity contribution in [3.8, 4) is 6.07 Å². The molecule has 0 aromatic heterocycles. The van der Waals surface area contributed by atoms with Crippen molar-refractivity contribution in [2.75, 3.05) is 18.0 Å². The van der Waals surface area contributed by atoms with Crippen LogP contribution in [0.1, 0.15) is 38.3 Å². The number of hydrogen-bond acceptors (Lipinski definition) is 4. The summed E-state index contributed by atoms with van der Waals surface area (Å²) in [6.07, 6.45) is -4.62. The van der Waals surface area contributed by atoms with E-state index in [9.17, 15) is 18.0 Å². The van der Waals surface area contributed by atoms with Crippen LogP contribution in [0.25, 0.3) is 0 Å². The van der Waals surface area contributed by atoms with Crippen molar-refractivity contribution in [2.24, 2.45) is 0 Å². The van der Waals surface area contributed by atoms with Gasteiger partial charge in [0.15, 0.2) is 0 Å². The van der Waals surface area contributed by atoms with E-state index in [1.54, 1.807) is 20.8 Å². The highest BCUT2D eigenvalue weighted by Gasteiger charge is 2.37. The average Bonchev–Trinajstić information content (AvgIpc) is 2.91. The normalized spacial score (nSPS) is 18.0. The molecule has 1 aliphatic heterocycles. The molecule has 1 aliphatic rings. The molecule has 5 nitrogen and oxygen atoms in total. The van der Waals surface area contributed by atoms with Crippen LogP contribution in [0, 0.1) is 11.3 Å². The fourth-order valence-corrected chi connectivity index (χ4v) is 2.67. The van der Waals surface area contributed by atoms with Gasteiger partial charge in [-0.25, -0.2) is 4.79 Å². The smallest absolute Gasteiger partial charge is 0.418 e. The van der Waals surface area contributed by atoms with Gasteiger partial charge < -0.3 is 15.0 Å². The fourth-order valence-electron chi connectivity index (χ4n) is 2.67. The monoisotopic (exact) mass is 355 g/mol. The molecule has 1 aromatic rings. The number of amides is 1. The van der Waals surface area contributed by atoms with Crippen LogP contribution in [-0.4, -0.2) is 30.8 Å². The van der Waals surface area contributed by atoms with Crippen LogP contribution in [0.2, 0.25) is 0 Å². The zero-order valence-corrected chi connectivity index (χ0v) is 14.3. The van der Waals surface area contributed by atoms with E-state index in [2.05, 4.69) is 5.32 Å². The van der Waals surface area contributed by atoms with Gasteiger partial charge in [0.2, 0.25) is 0 Å². The highest BCUT2D eigenvalue weighted by atomic mass is 19.4. The number of alkyl halides is 3. The molecule has 25 heavy (non-hydrogen) atoms. The Morgan fingerprint density at radius 1 is 1.36 bits per heavy atom. The van der Waals surface area contributed by atoms with Crippen LogP contribution in [0.3, 0.4) is 0 Å². The summed E-state index contributed by atoms with van der Waals surface area (Å²) in [5.74, 6) is 0. The van der Waals surface area contributed by atoms with E-state index in [0.717, 1.165) is 12.1 Å². The van der Waals surface area contributed by atoms with Crippen LogP contribution in [-0.2, 0) is 10.9 Å². The average molecular weight is 355 g/mol. The molecule has 0 spiro atoms. The van der Waals surface area contributed by atoms with Crippen molar-refractivity contribution >= 4 is 11.8 Å². The molecule has 2 rings (SSSR count). The van der Waals surface area contributed by atoms with Crippen molar-refractivity contribution in [1.29, 1.82) is 5.26 Å². The molecule has 0 unspecified atom stereocenters. The third-order valence-corrected chi connectivity index (χ3v) is 3.68. The number of nitrogens with zero attached hydrogens (tertiary/aromatic N) is 2. The van der Waals surface area contributed by atoms with Gasteiger partial charge in [0, 0.05) is 13.1 Å². The summed E-state index contributed by atoms with van der Waals surface area (Å²) in [6.45, 7) is 5.76. The number of ether oxygens (including phenoxy) is 1. The topological polar surface area (TPSA) is 65.4 Å². The van der Waals surface area contributed by atoms with Crippen molar-refractivity contribution in [3.63, 3.8) is 0 Å². The Hall–Kier alpha value is -2.43. The first-order chi connectivity index (χ1) is 11.5. The molecule has 1 amide bonds. The number of benzene rings is 1. The first kappa shape index (κ1) is 18.9. The number of nitriles is 1. The predicted molar refractivity (Wildman–Crippen MR) is 86.1 cm³/mol. The first-order valence-electron chi connectivity index (χ1n) is 7.85. The second-order valence-electron chi connectivity index (χ2n) is 6.92. The van der Waals surface area contributed by atoms with E-state index in [1.807, 2.05) is 6.07 Å². The van der Waals surface area contributed by atoms with Crippen LogP contribution >= 0.6 is 0 Å². The van der Waals surface area contributed by atoms with E-state index in [0.29, 0.717) is 13.0 Å². The summed E-state index contributed by atoms with van der Waals surface area (Å²) in [5, 5.41) is 11.6. The van der Waals surface area contributed by atoms with E-state index >= 15 is 0 Å². The zero-order valence-electron chi connectivity index (χ0n) is 14.3. The summed E-state index contributed by atoms with van der Waals surface area (Å²) in [4.78, 5) is 13.3. The second-order valence-corrected chi connectivity index (χ2v) is 6.92. The molecule has 1 N–H and O–H groups in total. The van der Waals surface area contributed by atoms with E-state index in [-0.39, 0.29) is 23.8 Å². The lowest BCUT2D eigenvalue weighted by molar-refractivity contribution is -0.137. The molecule has 1 aromatic carbocycles. The first-order valence-corrected chi connectivity index (χ1v) is 7.85. The molecule has 0 bridgehead atoms. The number of carbonyl (C=O) groups excluding carboxylic acids is 1. The zero-order chi connectivity index (χ0) is 18.8. The van der Waals surface area contributed by atoms with E-state index < -0.39 is 23.4 Å². The van der Waals surface area contributed by atoms with E-state index in [4.69, 9.17) is 10.00 Å². The lowest BCUT2D eigenvalue weighted by Crippen LogP contribution is -2.40. The summed E-state index contributed by atoms with van der Waals surface area (Å²) in [7, 11) is 0. The van der Waals surface area contributed by atoms with Crippen LogP contribution in [0.4, 0.5) is 23.7 Å². The summed E-state index contributed by atoms with van der Waals surface area (Å²) in [5.41, 5.74) is -1.32. The van der Waals surface area contributed by atoms with Crippen molar-refractivity contribution in [3.05, 3.63) is 29.3 Å². The number of rotatable bonds is 2. The van der Waals surface area contributed by atoms with Gasteiger partial charge in [0.1, 0.15) is 5.60 Å². The minimum atomic E-state index is -4.51. The number of nitrogens with one attached hydrogen (secondary N) is 1. The van der Waals surface area contributed by atoms with Gasteiger partial charge in [-0.1, -0.05) is 0 Å². The Kier molecular flexibility index (Phi) is 5.16. The summed E-state index contributed by atoms with van der Waals surface area (Å²) < 4.78 is 44.9. The SMILES string of the molecule is CC(C)(C)OC(=O)N[C@H]1CCN(c2cc(C#N)ccc2C(F)(F)F)C1. The lowest BCUT2D eigenvalue weighted by Gasteiger charge is -2.24. The third-order valence-electron chi connectivity index (χ3n) is 3.68. The summed E-state index contributed by atoms with van der Waals surface area (Å²) >= 11 is 0. The lowest BCUT2D eigenvalue weighted by atomic mass is 10.1. The molecule has 8 heteroatoms. The quantitative estimate of drug-likeness (QED) is 0.879. The Bertz CT molecular complexity index is 690. The number of alkyl carbamates (subject to hydrolysis) is 1. The van der Waals surface area contributed by atoms with Gasteiger partial charge in [-0.3, -0.25) is 0 Å².